The van der Waals surface area contributed by atoms with Crippen LogP contribution in [-0.2, 0) is 14.3 Å². The first-order valence-electron chi connectivity index (χ1n) is 8.47. The number of carbonyl (C=O) groups is 2. The second-order valence-corrected chi connectivity index (χ2v) is 6.58. The first-order valence-corrected chi connectivity index (χ1v) is 9.35. The number of hydrogen-bond donors (Lipinski definition) is 1. The predicted octanol–water partition coefficient (Wildman–Crippen LogP) is 3.52. The van der Waals surface area contributed by atoms with E-state index in [0.29, 0.717) is 22.3 Å². The quantitative estimate of drug-likeness (QED) is 0.566. The first kappa shape index (κ1) is 20.3. The Morgan fingerprint density at radius 1 is 1.03 bits per heavy atom. The number of amides is 1. The third kappa shape index (κ3) is 6.01. The summed E-state index contributed by atoms with van der Waals surface area (Å²) >= 11 is 1.21. The maximum absolute atomic E-state index is 13.0. The summed E-state index contributed by atoms with van der Waals surface area (Å²) in [6, 6.07) is 12.6. The van der Waals surface area contributed by atoms with Gasteiger partial charge in [0, 0.05) is 10.9 Å². The van der Waals surface area contributed by atoms with Gasteiger partial charge in [0.2, 0.25) is 0 Å². The van der Waals surface area contributed by atoms with Crippen molar-refractivity contribution in [3.05, 3.63) is 59.7 Å². The van der Waals surface area contributed by atoms with Crippen LogP contribution in [0.5, 0.6) is 11.5 Å². The third-order valence-electron chi connectivity index (χ3n) is 3.67. The number of benzene rings is 2. The van der Waals surface area contributed by atoms with E-state index in [1.807, 2.05) is 0 Å². The highest BCUT2D eigenvalue weighted by atomic mass is 32.1. The van der Waals surface area contributed by atoms with Gasteiger partial charge < -0.3 is 14.2 Å². The van der Waals surface area contributed by atoms with Crippen molar-refractivity contribution in [2.24, 2.45) is 0 Å². The summed E-state index contributed by atoms with van der Waals surface area (Å²) < 4.78 is 28.2. The maximum atomic E-state index is 13.0. The van der Waals surface area contributed by atoms with Crippen LogP contribution >= 0.6 is 11.3 Å². The molecule has 0 saturated carbocycles. The molecule has 1 aromatic heterocycles. The average molecular weight is 416 g/mol. The molecule has 0 aliphatic rings. The molecule has 0 unspecified atom stereocenters. The molecular formula is C20H17FN2O5S. The Kier molecular flexibility index (Phi) is 6.75. The molecule has 1 amide bonds. The number of carbonyl (C=O) groups excluding carboxylic acids is 2. The molecule has 0 aliphatic carbocycles. The number of esters is 1. The lowest BCUT2D eigenvalue weighted by Gasteiger charge is -2.07. The molecule has 1 N–H and O–H groups in total. The summed E-state index contributed by atoms with van der Waals surface area (Å²) in [7, 11) is 1.55. The first-order chi connectivity index (χ1) is 14.0. The largest absolute Gasteiger partial charge is 0.497 e. The molecule has 0 radical (unpaired) electrons. The second kappa shape index (κ2) is 9.65. The molecule has 3 aromatic rings. The Balaban J connectivity index is 1.42. The number of nitrogens with one attached hydrogen (secondary N) is 1. The van der Waals surface area contributed by atoms with Crippen molar-refractivity contribution >= 4 is 28.3 Å². The van der Waals surface area contributed by atoms with Crippen molar-refractivity contribution in [1.29, 1.82) is 0 Å². The van der Waals surface area contributed by atoms with Crippen LogP contribution in [0.4, 0.5) is 9.52 Å². The van der Waals surface area contributed by atoms with Crippen LogP contribution in [0.3, 0.4) is 0 Å². The minimum absolute atomic E-state index is 0.328. The van der Waals surface area contributed by atoms with Crippen LogP contribution in [-0.4, -0.2) is 37.2 Å². The van der Waals surface area contributed by atoms with Crippen LogP contribution in [0.2, 0.25) is 0 Å². The number of thiazole rings is 1. The predicted molar refractivity (Wildman–Crippen MR) is 106 cm³/mol. The number of rotatable bonds is 8. The van der Waals surface area contributed by atoms with Crippen molar-refractivity contribution in [3.63, 3.8) is 0 Å². The molecule has 0 saturated heterocycles. The van der Waals surface area contributed by atoms with E-state index >= 15 is 0 Å². The highest BCUT2D eigenvalue weighted by Crippen LogP contribution is 2.25. The Hall–Kier alpha value is -3.46. The molecule has 9 heteroatoms. The minimum Gasteiger partial charge on any atom is -0.497 e. The number of halogens is 1. The number of ether oxygens (including phenoxy) is 3. The van der Waals surface area contributed by atoms with Crippen LogP contribution in [0.15, 0.2) is 53.9 Å². The standard InChI is InChI=1S/C20H17FN2O5S/c1-26-15-6-8-16(9-7-15)27-11-19(25)28-10-18(24)23-20-22-17(12-29-20)13-2-4-14(21)5-3-13/h2-9,12H,10-11H2,1H3,(H,22,23,24). The van der Waals surface area contributed by atoms with E-state index in [9.17, 15) is 14.0 Å². The van der Waals surface area contributed by atoms with E-state index in [4.69, 9.17) is 14.2 Å². The molecule has 29 heavy (non-hydrogen) atoms. The van der Waals surface area contributed by atoms with E-state index in [2.05, 4.69) is 10.3 Å². The molecule has 0 bridgehead atoms. The van der Waals surface area contributed by atoms with Gasteiger partial charge in [-0.1, -0.05) is 0 Å². The number of anilines is 1. The van der Waals surface area contributed by atoms with Gasteiger partial charge in [0.25, 0.3) is 5.91 Å². The summed E-state index contributed by atoms with van der Waals surface area (Å²) in [5.74, 6) is -0.398. The van der Waals surface area contributed by atoms with E-state index in [1.54, 1.807) is 48.9 Å². The van der Waals surface area contributed by atoms with Gasteiger partial charge in [-0.3, -0.25) is 10.1 Å². The van der Waals surface area contributed by atoms with Gasteiger partial charge >= 0.3 is 5.97 Å². The summed E-state index contributed by atoms with van der Waals surface area (Å²) in [4.78, 5) is 27.9. The smallest absolute Gasteiger partial charge is 0.344 e. The molecule has 2 aromatic carbocycles. The normalized spacial score (nSPS) is 10.3. The fourth-order valence-electron chi connectivity index (χ4n) is 2.24. The molecule has 0 fully saturated rings. The van der Waals surface area contributed by atoms with Gasteiger partial charge in [0.1, 0.15) is 17.3 Å². The number of hydrogen-bond acceptors (Lipinski definition) is 7. The molecule has 150 valence electrons. The zero-order valence-electron chi connectivity index (χ0n) is 15.4. The van der Waals surface area contributed by atoms with Gasteiger partial charge in [-0.15, -0.1) is 11.3 Å². The van der Waals surface area contributed by atoms with Crippen LogP contribution < -0.4 is 14.8 Å². The van der Waals surface area contributed by atoms with Crippen LogP contribution in [0.25, 0.3) is 11.3 Å². The lowest BCUT2D eigenvalue weighted by molar-refractivity contribution is -0.149. The number of nitrogens with zero attached hydrogens (tertiary/aromatic N) is 1. The minimum atomic E-state index is -0.679. The highest BCUT2D eigenvalue weighted by molar-refractivity contribution is 7.14. The fourth-order valence-corrected chi connectivity index (χ4v) is 2.98. The Labute approximate surface area is 170 Å². The molecule has 3 rings (SSSR count). The number of aromatic nitrogens is 1. The molecular weight excluding hydrogens is 399 g/mol. The van der Waals surface area contributed by atoms with E-state index < -0.39 is 18.5 Å². The lowest BCUT2D eigenvalue weighted by atomic mass is 10.2. The van der Waals surface area contributed by atoms with Gasteiger partial charge in [-0.05, 0) is 48.5 Å². The van der Waals surface area contributed by atoms with Gasteiger partial charge in [0.05, 0.1) is 12.8 Å². The van der Waals surface area contributed by atoms with Crippen molar-refractivity contribution in [3.8, 4) is 22.8 Å². The zero-order chi connectivity index (χ0) is 20.6. The zero-order valence-corrected chi connectivity index (χ0v) is 16.2. The van der Waals surface area contributed by atoms with Crippen molar-refractivity contribution in [2.75, 3.05) is 25.6 Å². The average Bonchev–Trinajstić information content (AvgIpc) is 3.20. The Morgan fingerprint density at radius 3 is 2.41 bits per heavy atom. The SMILES string of the molecule is COc1ccc(OCC(=O)OCC(=O)Nc2nc(-c3ccc(F)cc3)cs2)cc1. The third-order valence-corrected chi connectivity index (χ3v) is 4.43. The van der Waals surface area contributed by atoms with Crippen molar-refractivity contribution in [1.82, 2.24) is 4.98 Å². The summed E-state index contributed by atoms with van der Waals surface area (Å²) in [6.45, 7) is -0.790. The van der Waals surface area contributed by atoms with Gasteiger partial charge in [-0.2, -0.15) is 0 Å². The van der Waals surface area contributed by atoms with E-state index in [0.717, 1.165) is 5.56 Å². The molecule has 0 atom stereocenters. The Bertz CT molecular complexity index is 973. The lowest BCUT2D eigenvalue weighted by Crippen LogP contribution is -2.23. The second-order valence-electron chi connectivity index (χ2n) is 5.72. The fraction of sp³-hybridized carbons (Fsp3) is 0.150. The van der Waals surface area contributed by atoms with Crippen LogP contribution in [0, 0.1) is 5.82 Å². The monoisotopic (exact) mass is 416 g/mol. The van der Waals surface area contributed by atoms with Gasteiger partial charge in [0.15, 0.2) is 18.3 Å². The summed E-state index contributed by atoms with van der Waals surface area (Å²) in [5, 5.41) is 4.63. The van der Waals surface area contributed by atoms with Crippen LogP contribution in [0.1, 0.15) is 0 Å². The molecule has 7 nitrogen and oxygen atoms in total. The molecule has 1 heterocycles. The summed E-state index contributed by atoms with van der Waals surface area (Å²) in [6.07, 6.45) is 0. The van der Waals surface area contributed by atoms with Crippen molar-refractivity contribution in [2.45, 2.75) is 0 Å². The van der Waals surface area contributed by atoms with Gasteiger partial charge in [-0.25, -0.2) is 14.2 Å². The number of methoxy groups -OCH3 is 1. The molecule has 0 aliphatic heterocycles. The molecule has 0 spiro atoms. The maximum Gasteiger partial charge on any atom is 0.344 e. The van der Waals surface area contributed by atoms with Crippen molar-refractivity contribution < 1.29 is 28.2 Å². The van der Waals surface area contributed by atoms with E-state index in [-0.39, 0.29) is 12.4 Å². The Morgan fingerprint density at radius 2 is 1.72 bits per heavy atom. The summed E-state index contributed by atoms with van der Waals surface area (Å²) in [5.41, 5.74) is 1.33. The van der Waals surface area contributed by atoms with E-state index in [1.165, 1.54) is 23.5 Å². The topological polar surface area (TPSA) is 86.8 Å². The highest BCUT2D eigenvalue weighted by Gasteiger charge is 2.11.